The van der Waals surface area contributed by atoms with Crippen LogP contribution in [0.3, 0.4) is 0 Å². The third kappa shape index (κ3) is 6.19. The molecule has 0 radical (unpaired) electrons. The van der Waals surface area contributed by atoms with Crippen molar-refractivity contribution in [2.75, 3.05) is 39.5 Å². The second-order valence-corrected chi connectivity index (χ2v) is 8.27. The number of benzene rings is 1. The van der Waals surface area contributed by atoms with Gasteiger partial charge in [0.05, 0.1) is 12.6 Å². The summed E-state index contributed by atoms with van der Waals surface area (Å²) in [5.41, 5.74) is 1.59. The van der Waals surface area contributed by atoms with E-state index in [2.05, 4.69) is 57.8 Å². The number of nitrogens with zero attached hydrogens (tertiary/aromatic N) is 1. The van der Waals surface area contributed by atoms with Crippen LogP contribution in [0.4, 0.5) is 0 Å². The molecule has 27 heavy (non-hydrogen) atoms. The average Bonchev–Trinajstić information content (AvgIpc) is 3.48. The second kappa shape index (κ2) is 10.4. The van der Waals surface area contributed by atoms with Gasteiger partial charge < -0.3 is 20.1 Å². The van der Waals surface area contributed by atoms with Crippen LogP contribution in [0, 0.1) is 0 Å². The lowest BCUT2D eigenvalue weighted by molar-refractivity contribution is -0.0320. The van der Waals surface area contributed by atoms with Crippen LogP contribution in [-0.2, 0) is 14.9 Å². The Bertz CT molecular complexity index is 613. The molecule has 1 aliphatic heterocycles. The van der Waals surface area contributed by atoms with Crippen molar-refractivity contribution in [3.63, 3.8) is 0 Å². The summed E-state index contributed by atoms with van der Waals surface area (Å²) in [7, 11) is 0. The Kier molecular flexibility index (Phi) is 7.97. The van der Waals surface area contributed by atoms with Gasteiger partial charge >= 0.3 is 0 Å². The maximum absolute atomic E-state index is 5.93. The normalized spacial score (nSPS) is 19.7. The number of rotatable bonds is 9. The number of halogens is 1. The Balaban J connectivity index is 1.43. The van der Waals surface area contributed by atoms with E-state index in [1.807, 2.05) is 0 Å². The van der Waals surface area contributed by atoms with Crippen LogP contribution in [0.1, 0.15) is 44.6 Å². The molecule has 0 atom stereocenters. The molecule has 1 aliphatic carbocycles. The largest absolute Gasteiger partial charge is 0.381 e. The molecule has 0 spiro atoms. The van der Waals surface area contributed by atoms with Gasteiger partial charge in [0.25, 0.3) is 0 Å². The van der Waals surface area contributed by atoms with Gasteiger partial charge in [0.1, 0.15) is 0 Å². The van der Waals surface area contributed by atoms with Crippen molar-refractivity contribution < 1.29 is 9.47 Å². The Hall–Kier alpha value is -1.11. The van der Waals surface area contributed by atoms with Gasteiger partial charge in [-0.2, -0.15) is 0 Å². The molecule has 5 nitrogen and oxygen atoms in total. The Morgan fingerprint density at radius 2 is 2.04 bits per heavy atom. The smallest absolute Gasteiger partial charge is 0.191 e. The van der Waals surface area contributed by atoms with E-state index < -0.39 is 0 Å². The van der Waals surface area contributed by atoms with Crippen LogP contribution >= 0.6 is 15.9 Å². The fourth-order valence-corrected chi connectivity index (χ4v) is 4.20. The molecule has 150 valence electrons. The number of hydrogen-bond donors (Lipinski definition) is 2. The third-order valence-electron chi connectivity index (χ3n) is 5.32. The zero-order chi connectivity index (χ0) is 19.0. The number of aliphatic imine (C=N–C) groups is 1. The maximum atomic E-state index is 5.93. The van der Waals surface area contributed by atoms with E-state index in [4.69, 9.17) is 14.5 Å². The highest BCUT2D eigenvalue weighted by atomic mass is 79.9. The highest BCUT2D eigenvalue weighted by molar-refractivity contribution is 9.10. The van der Waals surface area contributed by atoms with Crippen molar-refractivity contribution in [3.05, 3.63) is 34.3 Å². The Morgan fingerprint density at radius 1 is 1.26 bits per heavy atom. The van der Waals surface area contributed by atoms with Gasteiger partial charge in [-0.15, -0.1) is 0 Å². The number of ether oxygens (including phenoxy) is 2. The van der Waals surface area contributed by atoms with E-state index in [9.17, 15) is 0 Å². The molecule has 1 aromatic carbocycles. The number of hydrogen-bond acceptors (Lipinski definition) is 3. The molecule has 1 aromatic rings. The van der Waals surface area contributed by atoms with Crippen molar-refractivity contribution in [3.8, 4) is 0 Å². The lowest BCUT2D eigenvalue weighted by atomic mass is 9.96. The van der Waals surface area contributed by atoms with Crippen LogP contribution in [-0.4, -0.2) is 51.5 Å². The van der Waals surface area contributed by atoms with Crippen LogP contribution < -0.4 is 10.6 Å². The molecular weight excluding hydrogens is 406 g/mol. The first-order valence-corrected chi connectivity index (χ1v) is 11.0. The number of nitrogens with one attached hydrogen (secondary N) is 2. The molecule has 1 heterocycles. The highest BCUT2D eigenvalue weighted by Gasteiger charge is 2.45. The molecule has 2 aliphatic rings. The van der Waals surface area contributed by atoms with Crippen molar-refractivity contribution in [1.29, 1.82) is 0 Å². The monoisotopic (exact) mass is 437 g/mol. The molecule has 6 heteroatoms. The quantitative estimate of drug-likeness (QED) is 0.351. The second-order valence-electron chi connectivity index (χ2n) is 7.42. The fraction of sp³-hybridized carbons (Fsp3) is 0.667. The molecule has 2 N–H and O–H groups in total. The zero-order valence-electron chi connectivity index (χ0n) is 16.3. The van der Waals surface area contributed by atoms with Gasteiger partial charge in [-0.1, -0.05) is 34.1 Å². The predicted octanol–water partition coefficient (Wildman–Crippen LogP) is 3.62. The van der Waals surface area contributed by atoms with Gasteiger partial charge in [-0.05, 0) is 50.7 Å². The van der Waals surface area contributed by atoms with Crippen LogP contribution in [0.5, 0.6) is 0 Å². The van der Waals surface area contributed by atoms with Crippen molar-refractivity contribution in [1.82, 2.24) is 10.6 Å². The Labute approximate surface area is 171 Å². The lowest BCUT2D eigenvalue weighted by Gasteiger charge is -2.22. The summed E-state index contributed by atoms with van der Waals surface area (Å²) < 4.78 is 12.5. The predicted molar refractivity (Wildman–Crippen MR) is 113 cm³/mol. The SMILES string of the molecule is CCNC(=NCC1(c2ccccc2Br)CC1)NCCCOC1CCOCC1. The van der Waals surface area contributed by atoms with Gasteiger partial charge in [0, 0.05) is 42.8 Å². The van der Waals surface area contributed by atoms with E-state index in [0.29, 0.717) is 6.10 Å². The minimum absolute atomic E-state index is 0.203. The molecule has 1 saturated carbocycles. The lowest BCUT2D eigenvalue weighted by Crippen LogP contribution is -2.38. The minimum atomic E-state index is 0.203. The summed E-state index contributed by atoms with van der Waals surface area (Å²) >= 11 is 3.70. The van der Waals surface area contributed by atoms with Gasteiger partial charge in [0.2, 0.25) is 0 Å². The molecule has 0 bridgehead atoms. The van der Waals surface area contributed by atoms with Crippen LogP contribution in [0.15, 0.2) is 33.7 Å². The summed E-state index contributed by atoms with van der Waals surface area (Å²) in [4.78, 5) is 4.87. The van der Waals surface area contributed by atoms with E-state index >= 15 is 0 Å². The average molecular weight is 438 g/mol. The third-order valence-corrected chi connectivity index (χ3v) is 6.01. The van der Waals surface area contributed by atoms with Gasteiger partial charge in [-0.25, -0.2) is 0 Å². The highest BCUT2D eigenvalue weighted by Crippen LogP contribution is 2.50. The molecule has 3 rings (SSSR count). The van der Waals surface area contributed by atoms with Gasteiger partial charge in [0.15, 0.2) is 5.96 Å². The summed E-state index contributed by atoms with van der Waals surface area (Å²) in [6.07, 6.45) is 5.81. The molecule has 1 saturated heterocycles. The summed E-state index contributed by atoms with van der Waals surface area (Å²) in [5.74, 6) is 0.905. The van der Waals surface area contributed by atoms with Crippen molar-refractivity contribution in [2.45, 2.75) is 50.5 Å². The Morgan fingerprint density at radius 3 is 2.74 bits per heavy atom. The minimum Gasteiger partial charge on any atom is -0.381 e. The molecule has 2 fully saturated rings. The first-order valence-electron chi connectivity index (χ1n) is 10.2. The maximum Gasteiger partial charge on any atom is 0.191 e. The molecule has 0 aromatic heterocycles. The first kappa shape index (κ1) is 20.6. The van der Waals surface area contributed by atoms with Crippen molar-refractivity contribution >= 4 is 21.9 Å². The van der Waals surface area contributed by atoms with Gasteiger partial charge in [-0.3, -0.25) is 4.99 Å². The van der Waals surface area contributed by atoms with E-state index in [1.165, 1.54) is 22.9 Å². The first-order chi connectivity index (χ1) is 13.2. The van der Waals surface area contributed by atoms with Crippen molar-refractivity contribution in [2.24, 2.45) is 4.99 Å². The van der Waals surface area contributed by atoms with E-state index in [1.54, 1.807) is 0 Å². The zero-order valence-corrected chi connectivity index (χ0v) is 17.9. The fourth-order valence-electron chi connectivity index (χ4n) is 3.50. The van der Waals surface area contributed by atoms with E-state index in [-0.39, 0.29) is 5.41 Å². The van der Waals surface area contributed by atoms with Crippen LogP contribution in [0.2, 0.25) is 0 Å². The standard InChI is InChI=1S/C21H32BrN3O2/c1-2-23-20(24-12-5-13-27-17-8-14-26-15-9-17)25-16-21(10-11-21)18-6-3-4-7-19(18)22/h3-4,6-7,17H,2,5,8-16H2,1H3,(H2,23,24,25). The molecule has 0 unspecified atom stereocenters. The summed E-state index contributed by atoms with van der Waals surface area (Å²) in [5, 5.41) is 6.81. The van der Waals surface area contributed by atoms with Crippen LogP contribution in [0.25, 0.3) is 0 Å². The molecular formula is C21H32BrN3O2. The van der Waals surface area contributed by atoms with E-state index in [0.717, 1.165) is 64.7 Å². The molecule has 0 amide bonds. The topological polar surface area (TPSA) is 54.9 Å². The summed E-state index contributed by atoms with van der Waals surface area (Å²) in [6.45, 7) is 7.12. The summed E-state index contributed by atoms with van der Waals surface area (Å²) in [6, 6.07) is 8.54. The number of guanidine groups is 1.